The number of amides is 1. The number of piperidine rings is 1. The molecule has 2 aliphatic rings. The number of nitrogens with zero attached hydrogens (tertiary/aromatic N) is 2. The maximum atomic E-state index is 13.1. The molecular formula is C23H28N2O. The molecular weight excluding hydrogens is 320 g/mol. The zero-order chi connectivity index (χ0) is 17.8. The van der Waals surface area contributed by atoms with E-state index in [2.05, 4.69) is 34.1 Å². The van der Waals surface area contributed by atoms with Crippen LogP contribution in [0.5, 0.6) is 0 Å². The maximum Gasteiger partial charge on any atom is 0.254 e. The molecule has 0 aliphatic carbocycles. The fourth-order valence-corrected chi connectivity index (χ4v) is 4.32. The van der Waals surface area contributed by atoms with Gasteiger partial charge in [0.2, 0.25) is 0 Å². The Hall–Kier alpha value is -2.13. The van der Waals surface area contributed by atoms with Crippen LogP contribution >= 0.6 is 0 Å². The van der Waals surface area contributed by atoms with Gasteiger partial charge in [-0.2, -0.15) is 0 Å². The Morgan fingerprint density at radius 3 is 2.19 bits per heavy atom. The highest BCUT2D eigenvalue weighted by atomic mass is 16.2. The third kappa shape index (κ3) is 3.83. The van der Waals surface area contributed by atoms with E-state index in [0.717, 1.165) is 37.1 Å². The molecule has 0 spiro atoms. The lowest BCUT2D eigenvalue weighted by atomic mass is 9.99. The molecule has 3 heteroatoms. The van der Waals surface area contributed by atoms with Gasteiger partial charge in [0.25, 0.3) is 5.91 Å². The van der Waals surface area contributed by atoms with E-state index in [4.69, 9.17) is 0 Å². The van der Waals surface area contributed by atoms with Crippen LogP contribution in [0.3, 0.4) is 0 Å². The van der Waals surface area contributed by atoms with Crippen LogP contribution in [0.1, 0.15) is 42.5 Å². The van der Waals surface area contributed by atoms with Crippen molar-refractivity contribution in [3.05, 3.63) is 60.2 Å². The summed E-state index contributed by atoms with van der Waals surface area (Å²) >= 11 is 0. The summed E-state index contributed by atoms with van der Waals surface area (Å²) in [5, 5.41) is 0. The first-order chi connectivity index (χ1) is 12.8. The van der Waals surface area contributed by atoms with Gasteiger partial charge < -0.3 is 9.80 Å². The summed E-state index contributed by atoms with van der Waals surface area (Å²) in [6, 6.07) is 18.8. The summed E-state index contributed by atoms with van der Waals surface area (Å²) in [4.78, 5) is 17.8. The van der Waals surface area contributed by atoms with Crippen molar-refractivity contribution in [1.82, 2.24) is 9.80 Å². The molecule has 0 N–H and O–H groups in total. The second-order valence-corrected chi connectivity index (χ2v) is 7.60. The Bertz CT molecular complexity index is 720. The van der Waals surface area contributed by atoms with Crippen molar-refractivity contribution in [1.29, 1.82) is 0 Å². The first-order valence-electron chi connectivity index (χ1n) is 10.00. The monoisotopic (exact) mass is 348 g/mol. The lowest BCUT2D eigenvalue weighted by Crippen LogP contribution is -2.49. The van der Waals surface area contributed by atoms with E-state index in [-0.39, 0.29) is 5.91 Å². The SMILES string of the molecule is O=C(c1ccc(-c2ccccc2)cc1)N1CCCCC1CN1CCCC1. The van der Waals surface area contributed by atoms with Crippen LogP contribution in [-0.4, -0.2) is 47.9 Å². The van der Waals surface area contributed by atoms with Crippen LogP contribution in [0.2, 0.25) is 0 Å². The second-order valence-electron chi connectivity index (χ2n) is 7.60. The zero-order valence-corrected chi connectivity index (χ0v) is 15.4. The molecule has 0 aromatic heterocycles. The highest BCUT2D eigenvalue weighted by molar-refractivity contribution is 5.95. The van der Waals surface area contributed by atoms with E-state index >= 15 is 0 Å². The number of benzene rings is 2. The van der Waals surface area contributed by atoms with Crippen molar-refractivity contribution in [2.24, 2.45) is 0 Å². The molecule has 0 saturated carbocycles. The Kier molecular flexibility index (Phi) is 5.35. The smallest absolute Gasteiger partial charge is 0.254 e. The molecule has 0 bridgehead atoms. The molecule has 1 atom stereocenters. The van der Waals surface area contributed by atoms with Crippen LogP contribution in [0.4, 0.5) is 0 Å². The lowest BCUT2D eigenvalue weighted by molar-refractivity contribution is 0.0560. The van der Waals surface area contributed by atoms with Gasteiger partial charge in [-0.25, -0.2) is 0 Å². The number of carbonyl (C=O) groups excluding carboxylic acids is 1. The van der Waals surface area contributed by atoms with Gasteiger partial charge in [-0.15, -0.1) is 0 Å². The Labute approximate surface area is 156 Å². The molecule has 2 aromatic rings. The maximum absolute atomic E-state index is 13.1. The van der Waals surface area contributed by atoms with Gasteiger partial charge in [0.15, 0.2) is 0 Å². The van der Waals surface area contributed by atoms with Crippen LogP contribution in [0.25, 0.3) is 11.1 Å². The first-order valence-corrected chi connectivity index (χ1v) is 10.00. The molecule has 26 heavy (non-hydrogen) atoms. The van der Waals surface area contributed by atoms with Crippen molar-refractivity contribution >= 4 is 5.91 Å². The molecule has 2 fully saturated rings. The standard InChI is InChI=1S/C23H28N2O/c26-23(21-13-11-20(12-14-21)19-8-2-1-3-9-19)25-17-5-4-10-22(25)18-24-15-6-7-16-24/h1-3,8-9,11-14,22H,4-7,10,15-18H2. The Morgan fingerprint density at radius 1 is 0.808 bits per heavy atom. The first kappa shape index (κ1) is 17.3. The van der Waals surface area contributed by atoms with Crippen LogP contribution in [0.15, 0.2) is 54.6 Å². The minimum absolute atomic E-state index is 0.202. The molecule has 2 saturated heterocycles. The van der Waals surface area contributed by atoms with E-state index in [1.807, 2.05) is 30.3 Å². The second kappa shape index (κ2) is 8.05. The molecule has 2 heterocycles. The van der Waals surface area contributed by atoms with E-state index in [9.17, 15) is 4.79 Å². The highest BCUT2D eigenvalue weighted by Gasteiger charge is 2.29. The molecule has 1 unspecified atom stereocenters. The third-order valence-corrected chi connectivity index (χ3v) is 5.79. The number of carbonyl (C=O) groups is 1. The van der Waals surface area contributed by atoms with Crippen molar-refractivity contribution in [3.8, 4) is 11.1 Å². The van der Waals surface area contributed by atoms with Crippen LogP contribution in [0, 0.1) is 0 Å². The molecule has 2 aromatic carbocycles. The highest BCUT2D eigenvalue weighted by Crippen LogP contribution is 2.24. The average molecular weight is 348 g/mol. The van der Waals surface area contributed by atoms with Crippen molar-refractivity contribution in [3.63, 3.8) is 0 Å². The molecule has 0 radical (unpaired) electrons. The predicted octanol–water partition coefficient (Wildman–Crippen LogP) is 4.44. The summed E-state index contributed by atoms with van der Waals surface area (Å²) < 4.78 is 0. The summed E-state index contributed by atoms with van der Waals surface area (Å²) in [7, 11) is 0. The molecule has 2 aliphatic heterocycles. The zero-order valence-electron chi connectivity index (χ0n) is 15.4. The largest absolute Gasteiger partial charge is 0.334 e. The van der Waals surface area contributed by atoms with Crippen molar-refractivity contribution in [2.75, 3.05) is 26.2 Å². The number of hydrogen-bond acceptors (Lipinski definition) is 2. The average Bonchev–Trinajstić information content (AvgIpc) is 3.22. The summed E-state index contributed by atoms with van der Waals surface area (Å²) in [5.41, 5.74) is 3.17. The Balaban J connectivity index is 1.48. The predicted molar refractivity (Wildman–Crippen MR) is 106 cm³/mol. The van der Waals surface area contributed by atoms with E-state index < -0.39 is 0 Å². The minimum atomic E-state index is 0.202. The molecule has 4 rings (SSSR count). The van der Waals surface area contributed by atoms with Gasteiger partial charge in [-0.3, -0.25) is 4.79 Å². The molecule has 3 nitrogen and oxygen atoms in total. The lowest BCUT2D eigenvalue weighted by Gasteiger charge is -2.38. The summed E-state index contributed by atoms with van der Waals surface area (Å²) in [6.07, 6.45) is 6.13. The van der Waals surface area contributed by atoms with Crippen LogP contribution < -0.4 is 0 Å². The van der Waals surface area contributed by atoms with E-state index in [0.29, 0.717) is 6.04 Å². The third-order valence-electron chi connectivity index (χ3n) is 5.79. The minimum Gasteiger partial charge on any atom is -0.334 e. The molecule has 136 valence electrons. The molecule has 1 amide bonds. The summed E-state index contributed by atoms with van der Waals surface area (Å²) in [6.45, 7) is 4.35. The van der Waals surface area contributed by atoms with Crippen molar-refractivity contribution in [2.45, 2.75) is 38.1 Å². The van der Waals surface area contributed by atoms with Gasteiger partial charge in [-0.05, 0) is 68.5 Å². The number of likely N-dealkylation sites (tertiary alicyclic amines) is 2. The fourth-order valence-electron chi connectivity index (χ4n) is 4.32. The topological polar surface area (TPSA) is 23.6 Å². The summed E-state index contributed by atoms with van der Waals surface area (Å²) in [5.74, 6) is 0.202. The quantitative estimate of drug-likeness (QED) is 0.815. The normalized spacial score (nSPS) is 21.1. The van der Waals surface area contributed by atoms with E-state index in [1.165, 1.54) is 37.9 Å². The van der Waals surface area contributed by atoms with Gasteiger partial charge in [-0.1, -0.05) is 42.5 Å². The number of hydrogen-bond donors (Lipinski definition) is 0. The van der Waals surface area contributed by atoms with Gasteiger partial charge in [0, 0.05) is 24.7 Å². The number of rotatable bonds is 4. The van der Waals surface area contributed by atoms with Gasteiger partial charge >= 0.3 is 0 Å². The van der Waals surface area contributed by atoms with Gasteiger partial charge in [0.05, 0.1) is 0 Å². The fraction of sp³-hybridized carbons (Fsp3) is 0.435. The van der Waals surface area contributed by atoms with Crippen molar-refractivity contribution < 1.29 is 4.79 Å². The van der Waals surface area contributed by atoms with Gasteiger partial charge in [0.1, 0.15) is 0 Å². The Morgan fingerprint density at radius 2 is 1.46 bits per heavy atom. The van der Waals surface area contributed by atoms with E-state index in [1.54, 1.807) is 0 Å². The van der Waals surface area contributed by atoms with Crippen LogP contribution in [-0.2, 0) is 0 Å².